The highest BCUT2D eigenvalue weighted by Crippen LogP contribution is 2.38. The van der Waals surface area contributed by atoms with Crippen molar-refractivity contribution in [2.75, 3.05) is 18.0 Å². The number of anilines is 1. The van der Waals surface area contributed by atoms with Crippen LogP contribution in [0.25, 0.3) is 0 Å². The lowest BCUT2D eigenvalue weighted by Gasteiger charge is -2.31. The molecule has 1 aliphatic rings. The minimum absolute atomic E-state index is 0.0201. The first-order chi connectivity index (χ1) is 11.4. The minimum atomic E-state index is -0.0201. The van der Waals surface area contributed by atoms with Crippen molar-refractivity contribution < 1.29 is 5.11 Å². The van der Waals surface area contributed by atoms with E-state index in [0.717, 1.165) is 30.9 Å². The van der Waals surface area contributed by atoms with E-state index >= 15 is 0 Å². The van der Waals surface area contributed by atoms with Crippen molar-refractivity contribution in [1.29, 1.82) is 0 Å². The predicted octanol–water partition coefficient (Wildman–Crippen LogP) is 4.11. The molecular weight excluding hydrogens is 298 g/mol. The lowest BCUT2D eigenvalue weighted by atomic mass is 9.75. The van der Waals surface area contributed by atoms with Crippen LogP contribution in [0.5, 0.6) is 5.75 Å². The van der Waals surface area contributed by atoms with Crippen LogP contribution in [0.2, 0.25) is 0 Å². The van der Waals surface area contributed by atoms with Crippen LogP contribution >= 0.6 is 0 Å². The lowest BCUT2D eigenvalue weighted by Crippen LogP contribution is -2.32. The molecule has 1 unspecified atom stereocenters. The number of hydrogen-bond acceptors (Lipinski definition) is 4. The third-order valence-electron chi connectivity index (χ3n) is 5.34. The Morgan fingerprint density at radius 2 is 1.92 bits per heavy atom. The van der Waals surface area contributed by atoms with Crippen LogP contribution in [0.3, 0.4) is 0 Å². The summed E-state index contributed by atoms with van der Waals surface area (Å²) < 4.78 is 0. The van der Waals surface area contributed by atoms with Gasteiger partial charge >= 0.3 is 0 Å². The lowest BCUT2D eigenvalue weighted by molar-refractivity contribution is 0.336. The van der Waals surface area contributed by atoms with Crippen molar-refractivity contribution in [3.63, 3.8) is 0 Å². The molecule has 1 N–H and O–H groups in total. The van der Waals surface area contributed by atoms with E-state index in [4.69, 9.17) is 0 Å². The topological polar surface area (TPSA) is 49.2 Å². The second-order valence-electron chi connectivity index (χ2n) is 7.65. The summed E-state index contributed by atoms with van der Waals surface area (Å²) in [6.07, 6.45) is 4.68. The summed E-state index contributed by atoms with van der Waals surface area (Å²) >= 11 is 0. The molecule has 0 aromatic carbocycles. The molecule has 4 heteroatoms. The highest BCUT2D eigenvalue weighted by atomic mass is 16.3. The van der Waals surface area contributed by atoms with Crippen LogP contribution in [0.15, 0.2) is 36.7 Å². The van der Waals surface area contributed by atoms with E-state index in [1.807, 2.05) is 12.3 Å². The van der Waals surface area contributed by atoms with Gasteiger partial charge in [-0.15, -0.1) is 0 Å². The molecule has 1 saturated heterocycles. The van der Waals surface area contributed by atoms with Gasteiger partial charge in [-0.1, -0.05) is 27.7 Å². The van der Waals surface area contributed by atoms with Crippen molar-refractivity contribution in [2.45, 2.75) is 45.4 Å². The molecule has 0 aliphatic carbocycles. The second kappa shape index (κ2) is 6.42. The standard InChI is InChI=1S/C20H27N3O/c1-14(2)18-7-5-16(11-21-18)23-10-9-15(13-23)20(3,4)19-8-6-17(24)12-22-19/h5-8,11-12,14-15,24H,9-10,13H2,1-4H3. The predicted molar refractivity (Wildman–Crippen MR) is 97.6 cm³/mol. The minimum Gasteiger partial charge on any atom is -0.506 e. The van der Waals surface area contributed by atoms with Gasteiger partial charge in [0.25, 0.3) is 0 Å². The summed E-state index contributed by atoms with van der Waals surface area (Å²) in [5.41, 5.74) is 3.37. The van der Waals surface area contributed by atoms with E-state index in [9.17, 15) is 5.11 Å². The Labute approximate surface area is 144 Å². The first-order valence-corrected chi connectivity index (χ1v) is 8.74. The van der Waals surface area contributed by atoms with Gasteiger partial charge in [-0.2, -0.15) is 0 Å². The fourth-order valence-electron chi connectivity index (χ4n) is 3.49. The van der Waals surface area contributed by atoms with E-state index in [1.165, 1.54) is 5.69 Å². The molecule has 0 saturated carbocycles. The first kappa shape index (κ1) is 16.7. The average Bonchev–Trinajstić information content (AvgIpc) is 3.06. The van der Waals surface area contributed by atoms with E-state index in [-0.39, 0.29) is 11.2 Å². The van der Waals surface area contributed by atoms with Gasteiger partial charge in [-0.05, 0) is 42.5 Å². The molecule has 24 heavy (non-hydrogen) atoms. The summed E-state index contributed by atoms with van der Waals surface area (Å²) in [4.78, 5) is 11.5. The van der Waals surface area contributed by atoms with Crippen LogP contribution in [-0.4, -0.2) is 28.2 Å². The molecule has 3 rings (SSSR count). The highest BCUT2D eigenvalue weighted by Gasteiger charge is 2.37. The molecule has 1 fully saturated rings. The summed E-state index contributed by atoms with van der Waals surface area (Å²) in [6.45, 7) is 10.9. The molecule has 128 valence electrons. The largest absolute Gasteiger partial charge is 0.506 e. The maximum Gasteiger partial charge on any atom is 0.133 e. The van der Waals surface area contributed by atoms with E-state index in [2.05, 4.69) is 54.7 Å². The average molecular weight is 325 g/mol. The monoisotopic (exact) mass is 325 g/mol. The Kier molecular flexibility index (Phi) is 4.48. The normalized spacial score (nSPS) is 18.4. The van der Waals surface area contributed by atoms with Gasteiger partial charge in [0.15, 0.2) is 0 Å². The van der Waals surface area contributed by atoms with Gasteiger partial charge in [0.1, 0.15) is 5.75 Å². The Hall–Kier alpha value is -2.10. The molecule has 1 atom stereocenters. The van der Waals surface area contributed by atoms with Crippen molar-refractivity contribution in [3.8, 4) is 5.75 Å². The quantitative estimate of drug-likeness (QED) is 0.919. The Balaban J connectivity index is 1.73. The number of aromatic hydroxyl groups is 1. The van der Waals surface area contributed by atoms with Crippen LogP contribution < -0.4 is 4.90 Å². The molecule has 4 nitrogen and oxygen atoms in total. The number of nitrogens with zero attached hydrogens (tertiary/aromatic N) is 3. The third-order valence-corrected chi connectivity index (χ3v) is 5.34. The molecular formula is C20H27N3O. The Bertz CT molecular complexity index is 677. The van der Waals surface area contributed by atoms with E-state index in [0.29, 0.717) is 11.8 Å². The van der Waals surface area contributed by atoms with Crippen LogP contribution in [0.1, 0.15) is 51.4 Å². The maximum atomic E-state index is 9.46. The van der Waals surface area contributed by atoms with Crippen molar-refractivity contribution in [1.82, 2.24) is 9.97 Å². The van der Waals surface area contributed by atoms with Crippen molar-refractivity contribution in [3.05, 3.63) is 48.0 Å². The molecule has 0 amide bonds. The number of aromatic nitrogens is 2. The fraction of sp³-hybridized carbons (Fsp3) is 0.500. The zero-order chi connectivity index (χ0) is 17.3. The highest BCUT2D eigenvalue weighted by molar-refractivity contribution is 5.46. The molecule has 2 aromatic heterocycles. The fourth-order valence-corrected chi connectivity index (χ4v) is 3.49. The van der Waals surface area contributed by atoms with Gasteiger partial charge in [0, 0.05) is 29.9 Å². The van der Waals surface area contributed by atoms with Gasteiger partial charge in [0.2, 0.25) is 0 Å². The van der Waals surface area contributed by atoms with E-state index in [1.54, 1.807) is 12.3 Å². The molecule has 0 spiro atoms. The Morgan fingerprint density at radius 1 is 1.12 bits per heavy atom. The second-order valence-corrected chi connectivity index (χ2v) is 7.65. The van der Waals surface area contributed by atoms with Gasteiger partial charge in [-0.3, -0.25) is 9.97 Å². The van der Waals surface area contributed by atoms with Crippen molar-refractivity contribution in [2.24, 2.45) is 5.92 Å². The number of rotatable bonds is 4. The molecule has 1 aliphatic heterocycles. The van der Waals surface area contributed by atoms with Crippen LogP contribution in [0.4, 0.5) is 5.69 Å². The molecule has 3 heterocycles. The summed E-state index contributed by atoms with van der Waals surface area (Å²) in [5.74, 6) is 1.21. The summed E-state index contributed by atoms with van der Waals surface area (Å²) in [5, 5.41) is 9.46. The zero-order valence-electron chi connectivity index (χ0n) is 15.0. The zero-order valence-corrected chi connectivity index (χ0v) is 15.0. The Morgan fingerprint density at radius 3 is 2.50 bits per heavy atom. The number of pyridine rings is 2. The number of hydrogen-bond donors (Lipinski definition) is 1. The maximum absolute atomic E-state index is 9.46. The summed E-state index contributed by atoms with van der Waals surface area (Å²) in [7, 11) is 0. The molecule has 2 aromatic rings. The SMILES string of the molecule is CC(C)c1ccc(N2CCC(C(C)(C)c3ccc(O)cn3)C2)cn1. The third kappa shape index (κ3) is 3.23. The van der Waals surface area contributed by atoms with Gasteiger partial charge in [0.05, 0.1) is 18.1 Å². The first-order valence-electron chi connectivity index (χ1n) is 8.74. The smallest absolute Gasteiger partial charge is 0.133 e. The van der Waals surface area contributed by atoms with Crippen LogP contribution in [0, 0.1) is 5.92 Å². The van der Waals surface area contributed by atoms with Gasteiger partial charge in [-0.25, -0.2) is 0 Å². The van der Waals surface area contributed by atoms with E-state index < -0.39 is 0 Å². The summed E-state index contributed by atoms with van der Waals surface area (Å²) in [6, 6.07) is 8.00. The van der Waals surface area contributed by atoms with Crippen LogP contribution in [-0.2, 0) is 5.41 Å². The molecule has 0 bridgehead atoms. The van der Waals surface area contributed by atoms with Crippen molar-refractivity contribution >= 4 is 5.69 Å². The van der Waals surface area contributed by atoms with Gasteiger partial charge < -0.3 is 10.0 Å². The molecule has 0 radical (unpaired) electrons.